The van der Waals surface area contributed by atoms with Crippen LogP contribution in [0.3, 0.4) is 0 Å². The number of nitrogens with one attached hydrogen (secondary N) is 1. The van der Waals surface area contributed by atoms with Gasteiger partial charge in [0.05, 0.1) is 11.0 Å². The number of aliphatic hydroxyl groups is 1. The van der Waals surface area contributed by atoms with Crippen molar-refractivity contribution >= 4 is 15.7 Å². The number of sulfonamides is 1. The van der Waals surface area contributed by atoms with E-state index in [1.807, 2.05) is 6.92 Å². The van der Waals surface area contributed by atoms with Crippen molar-refractivity contribution in [3.63, 3.8) is 0 Å². The maximum absolute atomic E-state index is 12.2. The molecule has 0 saturated carbocycles. The van der Waals surface area contributed by atoms with Crippen LogP contribution in [-0.2, 0) is 10.0 Å². The summed E-state index contributed by atoms with van der Waals surface area (Å²) in [6, 6.07) is 13.4. The Balaban J connectivity index is 2.28. The van der Waals surface area contributed by atoms with E-state index in [2.05, 4.69) is 4.72 Å². The molecule has 0 radical (unpaired) electrons. The zero-order valence-corrected chi connectivity index (χ0v) is 12.2. The Morgan fingerprint density at radius 3 is 2.35 bits per heavy atom. The van der Waals surface area contributed by atoms with Gasteiger partial charge in [0.1, 0.15) is 0 Å². The molecule has 2 aromatic carbocycles. The number of anilines is 1. The minimum Gasteiger partial charge on any atom is -0.389 e. The average Bonchev–Trinajstić information content (AvgIpc) is 2.39. The number of aliphatic hydroxyl groups excluding tert-OH is 1. The van der Waals surface area contributed by atoms with E-state index in [1.165, 1.54) is 0 Å². The third-order valence-corrected chi connectivity index (χ3v) is 4.35. The van der Waals surface area contributed by atoms with Crippen molar-refractivity contribution in [3.8, 4) is 0 Å². The molecule has 0 amide bonds. The molecule has 2 aromatic rings. The van der Waals surface area contributed by atoms with E-state index in [4.69, 9.17) is 0 Å². The summed E-state index contributed by atoms with van der Waals surface area (Å²) in [4.78, 5) is 0.213. The number of benzene rings is 2. The maximum atomic E-state index is 12.2. The Bertz CT molecular complexity index is 691. The van der Waals surface area contributed by atoms with Gasteiger partial charge in [-0.3, -0.25) is 4.72 Å². The zero-order chi connectivity index (χ0) is 14.8. The molecule has 0 spiro atoms. The first kappa shape index (κ1) is 14.6. The lowest BCUT2D eigenvalue weighted by Gasteiger charge is -2.11. The molecule has 0 aliphatic heterocycles. The summed E-state index contributed by atoms with van der Waals surface area (Å²) < 4.78 is 27.0. The molecule has 2 N–H and O–H groups in total. The molecular formula is C15H17NO3S. The lowest BCUT2D eigenvalue weighted by molar-refractivity contribution is 0.199. The van der Waals surface area contributed by atoms with Crippen LogP contribution in [0.25, 0.3) is 0 Å². The second-order valence-electron chi connectivity index (χ2n) is 4.72. The Morgan fingerprint density at radius 2 is 1.75 bits per heavy atom. The minimum absolute atomic E-state index is 0.213. The van der Waals surface area contributed by atoms with Crippen LogP contribution in [0.15, 0.2) is 53.4 Å². The SMILES string of the molecule is Cc1ccc(S(=O)(=O)Nc2cccc(C(C)O)c2)cc1. The molecule has 2 rings (SSSR count). The van der Waals surface area contributed by atoms with Crippen molar-refractivity contribution in [1.29, 1.82) is 0 Å². The quantitative estimate of drug-likeness (QED) is 0.910. The molecule has 0 heterocycles. The van der Waals surface area contributed by atoms with Crippen molar-refractivity contribution in [3.05, 3.63) is 59.7 Å². The van der Waals surface area contributed by atoms with Crippen molar-refractivity contribution in [2.24, 2.45) is 0 Å². The van der Waals surface area contributed by atoms with Crippen LogP contribution in [0, 0.1) is 6.92 Å². The van der Waals surface area contributed by atoms with Crippen molar-refractivity contribution < 1.29 is 13.5 Å². The van der Waals surface area contributed by atoms with Gasteiger partial charge in [0, 0.05) is 5.69 Å². The van der Waals surface area contributed by atoms with Gasteiger partial charge in [0.25, 0.3) is 10.0 Å². The molecule has 20 heavy (non-hydrogen) atoms. The molecule has 1 unspecified atom stereocenters. The van der Waals surface area contributed by atoms with E-state index >= 15 is 0 Å². The molecular weight excluding hydrogens is 274 g/mol. The van der Waals surface area contributed by atoms with E-state index in [-0.39, 0.29) is 4.90 Å². The highest BCUT2D eigenvalue weighted by Gasteiger charge is 2.14. The van der Waals surface area contributed by atoms with Gasteiger partial charge in [-0.05, 0) is 43.7 Å². The van der Waals surface area contributed by atoms with Gasteiger partial charge in [-0.25, -0.2) is 8.42 Å². The first-order valence-electron chi connectivity index (χ1n) is 6.26. The molecule has 106 valence electrons. The molecule has 4 nitrogen and oxygen atoms in total. The highest BCUT2D eigenvalue weighted by molar-refractivity contribution is 7.92. The molecule has 0 aliphatic rings. The van der Waals surface area contributed by atoms with Gasteiger partial charge < -0.3 is 5.11 Å². The van der Waals surface area contributed by atoms with E-state index in [0.717, 1.165) is 5.56 Å². The predicted octanol–water partition coefficient (Wildman–Crippen LogP) is 2.85. The van der Waals surface area contributed by atoms with Crippen LogP contribution in [-0.4, -0.2) is 13.5 Å². The average molecular weight is 291 g/mol. The summed E-state index contributed by atoms with van der Waals surface area (Å²) in [7, 11) is -3.60. The van der Waals surface area contributed by atoms with E-state index in [1.54, 1.807) is 55.5 Å². The maximum Gasteiger partial charge on any atom is 0.261 e. The summed E-state index contributed by atoms with van der Waals surface area (Å²) in [5.74, 6) is 0. The Morgan fingerprint density at radius 1 is 1.10 bits per heavy atom. The van der Waals surface area contributed by atoms with E-state index in [0.29, 0.717) is 11.3 Å². The largest absolute Gasteiger partial charge is 0.389 e. The predicted molar refractivity (Wildman–Crippen MR) is 79.1 cm³/mol. The zero-order valence-electron chi connectivity index (χ0n) is 11.4. The molecule has 0 fully saturated rings. The van der Waals surface area contributed by atoms with Gasteiger partial charge in [-0.2, -0.15) is 0 Å². The Kier molecular flexibility index (Phi) is 4.11. The standard InChI is InChI=1S/C15H17NO3S/c1-11-6-8-15(9-7-11)20(18,19)16-14-5-3-4-13(10-14)12(2)17/h3-10,12,16-17H,1-2H3. The Labute approximate surface area is 119 Å². The van der Waals surface area contributed by atoms with Crippen molar-refractivity contribution in [1.82, 2.24) is 0 Å². The molecule has 0 aliphatic carbocycles. The van der Waals surface area contributed by atoms with Crippen LogP contribution in [0.4, 0.5) is 5.69 Å². The van der Waals surface area contributed by atoms with Crippen LogP contribution in [0.5, 0.6) is 0 Å². The van der Waals surface area contributed by atoms with Gasteiger partial charge in [0.2, 0.25) is 0 Å². The Hall–Kier alpha value is -1.85. The summed E-state index contributed by atoms with van der Waals surface area (Å²) in [6.07, 6.45) is -0.640. The number of hydrogen-bond donors (Lipinski definition) is 2. The lowest BCUT2D eigenvalue weighted by atomic mass is 10.1. The van der Waals surface area contributed by atoms with Crippen LogP contribution in [0.1, 0.15) is 24.2 Å². The van der Waals surface area contributed by atoms with Gasteiger partial charge in [-0.1, -0.05) is 29.8 Å². The van der Waals surface area contributed by atoms with Crippen LogP contribution < -0.4 is 4.72 Å². The third kappa shape index (κ3) is 3.37. The van der Waals surface area contributed by atoms with E-state index in [9.17, 15) is 13.5 Å². The molecule has 0 bridgehead atoms. The third-order valence-electron chi connectivity index (χ3n) is 2.95. The van der Waals surface area contributed by atoms with Crippen LogP contribution >= 0.6 is 0 Å². The first-order valence-corrected chi connectivity index (χ1v) is 7.74. The minimum atomic E-state index is -3.60. The van der Waals surface area contributed by atoms with Gasteiger partial charge in [-0.15, -0.1) is 0 Å². The fraction of sp³-hybridized carbons (Fsp3) is 0.200. The summed E-state index contributed by atoms with van der Waals surface area (Å²) in [5, 5.41) is 9.52. The first-order chi connectivity index (χ1) is 9.38. The highest BCUT2D eigenvalue weighted by atomic mass is 32.2. The fourth-order valence-electron chi connectivity index (χ4n) is 1.79. The summed E-state index contributed by atoms with van der Waals surface area (Å²) >= 11 is 0. The molecule has 1 atom stereocenters. The lowest BCUT2D eigenvalue weighted by Crippen LogP contribution is -2.13. The molecule has 0 aromatic heterocycles. The van der Waals surface area contributed by atoms with Gasteiger partial charge in [0.15, 0.2) is 0 Å². The number of rotatable bonds is 4. The smallest absolute Gasteiger partial charge is 0.261 e. The molecule has 0 saturated heterocycles. The normalized spacial score (nSPS) is 12.9. The fourth-order valence-corrected chi connectivity index (χ4v) is 2.84. The number of aryl methyl sites for hydroxylation is 1. The number of hydrogen-bond acceptors (Lipinski definition) is 3. The van der Waals surface area contributed by atoms with E-state index < -0.39 is 16.1 Å². The second kappa shape index (κ2) is 5.64. The summed E-state index contributed by atoms with van der Waals surface area (Å²) in [6.45, 7) is 3.53. The summed E-state index contributed by atoms with van der Waals surface area (Å²) in [5.41, 5.74) is 2.10. The van der Waals surface area contributed by atoms with Crippen LogP contribution in [0.2, 0.25) is 0 Å². The second-order valence-corrected chi connectivity index (χ2v) is 6.40. The van der Waals surface area contributed by atoms with Gasteiger partial charge >= 0.3 is 0 Å². The van der Waals surface area contributed by atoms with Crippen molar-refractivity contribution in [2.75, 3.05) is 4.72 Å². The monoisotopic (exact) mass is 291 g/mol. The molecule has 5 heteroatoms. The van der Waals surface area contributed by atoms with Crippen molar-refractivity contribution in [2.45, 2.75) is 24.8 Å². The topological polar surface area (TPSA) is 66.4 Å². The highest BCUT2D eigenvalue weighted by Crippen LogP contribution is 2.20.